The summed E-state index contributed by atoms with van der Waals surface area (Å²) in [5.74, 6) is 0.0537. The Labute approximate surface area is 130 Å². The van der Waals surface area contributed by atoms with Crippen molar-refractivity contribution in [3.63, 3.8) is 0 Å². The molecular weight excluding hydrogens is 347 g/mol. The first kappa shape index (κ1) is 15.3. The Morgan fingerprint density at radius 2 is 2.00 bits per heavy atom. The van der Waals surface area contributed by atoms with Gasteiger partial charge in [-0.2, -0.15) is 0 Å². The molecule has 2 aromatic carbocycles. The number of ether oxygens (including phenoxy) is 1. The van der Waals surface area contributed by atoms with Gasteiger partial charge in [0.1, 0.15) is 17.7 Å². The molecule has 2 nitrogen and oxygen atoms in total. The lowest BCUT2D eigenvalue weighted by Gasteiger charge is -2.17. The molecule has 0 radical (unpaired) electrons. The van der Waals surface area contributed by atoms with E-state index in [4.69, 9.17) is 16.3 Å². The van der Waals surface area contributed by atoms with Crippen LogP contribution < -0.4 is 4.74 Å². The van der Waals surface area contributed by atoms with Gasteiger partial charge >= 0.3 is 0 Å². The van der Waals surface area contributed by atoms with Crippen LogP contribution in [0.25, 0.3) is 0 Å². The Hall–Kier alpha value is -1.10. The summed E-state index contributed by atoms with van der Waals surface area (Å²) in [6.45, 7) is 1.83. The molecule has 0 spiro atoms. The topological polar surface area (TPSA) is 29.5 Å². The lowest BCUT2D eigenvalue weighted by molar-refractivity contribution is 0.214. The molecule has 0 fully saturated rings. The van der Waals surface area contributed by atoms with E-state index in [-0.39, 0.29) is 10.6 Å². The molecule has 2 rings (SSSR count). The summed E-state index contributed by atoms with van der Waals surface area (Å²) in [5.41, 5.74) is 1.55. The van der Waals surface area contributed by atoms with Crippen molar-refractivity contribution >= 4 is 27.5 Å². The zero-order chi connectivity index (χ0) is 14.9. The van der Waals surface area contributed by atoms with Crippen molar-refractivity contribution in [1.29, 1.82) is 0 Å². The molecule has 0 aliphatic rings. The molecule has 0 aromatic heterocycles. The molecule has 0 bridgehead atoms. The van der Waals surface area contributed by atoms with E-state index >= 15 is 0 Å². The van der Waals surface area contributed by atoms with Crippen LogP contribution in [0.1, 0.15) is 22.8 Å². The van der Waals surface area contributed by atoms with E-state index in [1.54, 1.807) is 25.3 Å². The minimum Gasteiger partial charge on any atom is -0.496 e. The zero-order valence-corrected chi connectivity index (χ0v) is 13.3. The standard InChI is InChI=1S/C15H13BrClFO2/c1-8-6-13(20-2)11(16)7-10(8)15(19)9-4-3-5-12(17)14(9)18/h3-7,15,19H,1-2H3. The van der Waals surface area contributed by atoms with Gasteiger partial charge in [-0.25, -0.2) is 4.39 Å². The molecule has 0 aliphatic heterocycles. The zero-order valence-electron chi connectivity index (χ0n) is 11.0. The van der Waals surface area contributed by atoms with Gasteiger partial charge < -0.3 is 9.84 Å². The van der Waals surface area contributed by atoms with Gasteiger partial charge in [-0.1, -0.05) is 23.7 Å². The fraction of sp³-hybridized carbons (Fsp3) is 0.200. The summed E-state index contributed by atoms with van der Waals surface area (Å²) in [6.07, 6.45) is -1.09. The molecule has 0 saturated heterocycles. The summed E-state index contributed by atoms with van der Waals surface area (Å²) in [5, 5.41) is 10.4. The van der Waals surface area contributed by atoms with Crippen LogP contribution in [0, 0.1) is 12.7 Å². The third kappa shape index (κ3) is 2.82. The number of halogens is 3. The van der Waals surface area contributed by atoms with Crippen LogP contribution in [-0.2, 0) is 0 Å². The van der Waals surface area contributed by atoms with Crippen molar-refractivity contribution in [2.45, 2.75) is 13.0 Å². The fourth-order valence-corrected chi connectivity index (χ4v) is 2.73. The SMILES string of the molecule is COc1cc(C)c(C(O)c2cccc(Cl)c2F)cc1Br. The van der Waals surface area contributed by atoms with E-state index in [0.29, 0.717) is 15.8 Å². The second-order valence-corrected chi connectivity index (χ2v) is 5.65. The highest BCUT2D eigenvalue weighted by Crippen LogP contribution is 2.35. The quantitative estimate of drug-likeness (QED) is 0.865. The van der Waals surface area contributed by atoms with Crippen LogP contribution in [0.2, 0.25) is 5.02 Å². The molecule has 2 aromatic rings. The van der Waals surface area contributed by atoms with E-state index < -0.39 is 11.9 Å². The molecule has 5 heteroatoms. The number of methoxy groups -OCH3 is 1. The summed E-state index contributed by atoms with van der Waals surface area (Å²) in [7, 11) is 1.56. The Balaban J connectivity index is 2.51. The third-order valence-electron chi connectivity index (χ3n) is 3.11. The minimum absolute atomic E-state index is 0.00761. The van der Waals surface area contributed by atoms with E-state index in [1.165, 1.54) is 12.1 Å². The van der Waals surface area contributed by atoms with E-state index in [0.717, 1.165) is 5.56 Å². The molecule has 0 aliphatic carbocycles. The first-order chi connectivity index (χ1) is 9.45. The fourth-order valence-electron chi connectivity index (χ4n) is 2.02. The number of benzene rings is 2. The maximum Gasteiger partial charge on any atom is 0.147 e. The van der Waals surface area contributed by atoms with Crippen molar-refractivity contribution in [2.75, 3.05) is 7.11 Å². The van der Waals surface area contributed by atoms with E-state index in [1.807, 2.05) is 6.92 Å². The average Bonchev–Trinajstić information content (AvgIpc) is 2.43. The maximum absolute atomic E-state index is 14.0. The minimum atomic E-state index is -1.09. The third-order valence-corrected chi connectivity index (χ3v) is 4.02. The number of aliphatic hydroxyl groups excluding tert-OH is 1. The van der Waals surface area contributed by atoms with Gasteiger partial charge in [0.25, 0.3) is 0 Å². The van der Waals surface area contributed by atoms with Gasteiger partial charge in [-0.05, 0) is 52.2 Å². The first-order valence-electron chi connectivity index (χ1n) is 5.91. The average molecular weight is 360 g/mol. The van der Waals surface area contributed by atoms with Crippen LogP contribution in [0.3, 0.4) is 0 Å². The van der Waals surface area contributed by atoms with E-state index in [2.05, 4.69) is 15.9 Å². The van der Waals surface area contributed by atoms with Crippen molar-refractivity contribution < 1.29 is 14.2 Å². The highest BCUT2D eigenvalue weighted by atomic mass is 79.9. The summed E-state index contributed by atoms with van der Waals surface area (Å²) >= 11 is 9.11. The van der Waals surface area contributed by atoms with Gasteiger partial charge in [0.05, 0.1) is 16.6 Å². The predicted molar refractivity (Wildman–Crippen MR) is 80.9 cm³/mol. The molecular formula is C15H13BrClFO2. The number of hydrogen-bond donors (Lipinski definition) is 1. The van der Waals surface area contributed by atoms with Crippen molar-refractivity contribution in [1.82, 2.24) is 0 Å². The molecule has 106 valence electrons. The van der Waals surface area contributed by atoms with Crippen LogP contribution in [-0.4, -0.2) is 12.2 Å². The van der Waals surface area contributed by atoms with Gasteiger partial charge in [0, 0.05) is 5.56 Å². The van der Waals surface area contributed by atoms with Crippen molar-refractivity contribution in [3.05, 3.63) is 62.3 Å². The van der Waals surface area contributed by atoms with Crippen molar-refractivity contribution in [3.8, 4) is 5.75 Å². The highest BCUT2D eigenvalue weighted by Gasteiger charge is 2.20. The van der Waals surface area contributed by atoms with Crippen molar-refractivity contribution in [2.24, 2.45) is 0 Å². The largest absolute Gasteiger partial charge is 0.496 e. The van der Waals surface area contributed by atoms with Gasteiger partial charge in [0.15, 0.2) is 0 Å². The number of aliphatic hydroxyl groups is 1. The molecule has 0 saturated carbocycles. The lowest BCUT2D eigenvalue weighted by Crippen LogP contribution is -2.05. The molecule has 0 amide bonds. The van der Waals surface area contributed by atoms with Crippen LogP contribution in [0.15, 0.2) is 34.8 Å². The normalized spacial score (nSPS) is 12.3. The molecule has 1 atom stereocenters. The van der Waals surface area contributed by atoms with Crippen LogP contribution in [0.4, 0.5) is 4.39 Å². The lowest BCUT2D eigenvalue weighted by atomic mass is 9.97. The number of aryl methyl sites for hydroxylation is 1. The number of hydrogen-bond acceptors (Lipinski definition) is 2. The summed E-state index contributed by atoms with van der Waals surface area (Å²) < 4.78 is 19.9. The number of rotatable bonds is 3. The predicted octanol–water partition coefficient (Wildman–Crippen LogP) is 4.64. The summed E-state index contributed by atoms with van der Waals surface area (Å²) in [4.78, 5) is 0. The summed E-state index contributed by atoms with van der Waals surface area (Å²) in [6, 6.07) is 8.08. The van der Waals surface area contributed by atoms with Gasteiger partial charge in [-0.3, -0.25) is 0 Å². The second kappa shape index (κ2) is 6.12. The van der Waals surface area contributed by atoms with Gasteiger partial charge in [0.2, 0.25) is 0 Å². The Bertz CT molecular complexity index is 646. The highest BCUT2D eigenvalue weighted by molar-refractivity contribution is 9.10. The Morgan fingerprint density at radius 1 is 1.30 bits per heavy atom. The first-order valence-corrected chi connectivity index (χ1v) is 7.08. The Morgan fingerprint density at radius 3 is 2.65 bits per heavy atom. The smallest absolute Gasteiger partial charge is 0.147 e. The Kier molecular flexibility index (Phi) is 4.68. The monoisotopic (exact) mass is 358 g/mol. The van der Waals surface area contributed by atoms with Crippen LogP contribution in [0.5, 0.6) is 5.75 Å². The van der Waals surface area contributed by atoms with Crippen LogP contribution >= 0.6 is 27.5 Å². The van der Waals surface area contributed by atoms with Gasteiger partial charge in [-0.15, -0.1) is 0 Å². The molecule has 1 unspecified atom stereocenters. The molecule has 1 N–H and O–H groups in total. The van der Waals surface area contributed by atoms with E-state index in [9.17, 15) is 9.50 Å². The maximum atomic E-state index is 14.0. The molecule has 0 heterocycles. The second-order valence-electron chi connectivity index (χ2n) is 4.39. The molecule has 20 heavy (non-hydrogen) atoms.